The van der Waals surface area contributed by atoms with E-state index in [1.54, 1.807) is 24.0 Å². The molecule has 0 N–H and O–H groups in total. The lowest BCUT2D eigenvalue weighted by molar-refractivity contribution is -0.137. The molecule has 3 aromatic rings. The summed E-state index contributed by atoms with van der Waals surface area (Å²) in [5.41, 5.74) is -0.332. The molecule has 0 aliphatic rings. The Morgan fingerprint density at radius 2 is 1.71 bits per heavy atom. The van der Waals surface area contributed by atoms with Crippen LogP contribution >= 0.6 is 11.3 Å². The summed E-state index contributed by atoms with van der Waals surface area (Å²) in [5.74, 6) is -1.39. The largest absolute Gasteiger partial charge is 0.416 e. The number of thiophene rings is 1. The number of hydrogen-bond donors (Lipinski definition) is 0. The Bertz CT molecular complexity index is 1130. The lowest BCUT2D eigenvalue weighted by atomic mass is 10.1. The fraction of sp³-hybridized carbons (Fsp3) is 0.308. The van der Waals surface area contributed by atoms with Gasteiger partial charge in [0.15, 0.2) is 0 Å². The molecule has 2 amide bonds. The first-order chi connectivity index (χ1) is 16.6. The maximum Gasteiger partial charge on any atom is 0.416 e. The van der Waals surface area contributed by atoms with Crippen LogP contribution in [0.2, 0.25) is 0 Å². The Balaban J connectivity index is 1.86. The number of hydrogen-bond acceptors (Lipinski definition) is 3. The molecule has 0 saturated carbocycles. The zero-order valence-corrected chi connectivity index (χ0v) is 20.2. The minimum absolute atomic E-state index is 0.128. The highest BCUT2D eigenvalue weighted by atomic mass is 32.1. The van der Waals surface area contributed by atoms with Crippen LogP contribution in [0, 0.1) is 5.82 Å². The highest BCUT2D eigenvalue weighted by Crippen LogP contribution is 2.30. The van der Waals surface area contributed by atoms with Gasteiger partial charge in [-0.15, -0.1) is 11.3 Å². The van der Waals surface area contributed by atoms with E-state index in [4.69, 9.17) is 0 Å². The third-order valence-electron chi connectivity index (χ3n) is 5.69. The van der Waals surface area contributed by atoms with Crippen molar-refractivity contribution < 1.29 is 27.2 Å². The maximum absolute atomic E-state index is 13.4. The summed E-state index contributed by atoms with van der Waals surface area (Å²) < 4.78 is 52.9. The minimum Gasteiger partial charge on any atom is -0.332 e. The summed E-state index contributed by atoms with van der Waals surface area (Å²) in [5, 5.41) is 1.89. The molecule has 2 aromatic carbocycles. The molecular weight excluding hydrogens is 480 g/mol. The molecule has 1 atom stereocenters. The molecule has 1 unspecified atom stereocenters. The summed E-state index contributed by atoms with van der Waals surface area (Å²) in [6.45, 7) is 3.78. The van der Waals surface area contributed by atoms with Crippen molar-refractivity contribution in [3.8, 4) is 0 Å². The third-order valence-corrected chi connectivity index (χ3v) is 6.55. The molecule has 0 radical (unpaired) electrons. The monoisotopic (exact) mass is 506 g/mol. The second-order valence-electron chi connectivity index (χ2n) is 8.22. The predicted molar refractivity (Wildman–Crippen MR) is 127 cm³/mol. The van der Waals surface area contributed by atoms with E-state index in [-0.39, 0.29) is 36.4 Å². The third kappa shape index (κ3) is 7.14. The van der Waals surface area contributed by atoms with Gasteiger partial charge in [-0.2, -0.15) is 13.2 Å². The molecule has 0 aliphatic carbocycles. The van der Waals surface area contributed by atoms with Crippen LogP contribution in [0.15, 0.2) is 66.0 Å². The second kappa shape index (κ2) is 11.5. The van der Waals surface area contributed by atoms with Crippen LogP contribution in [-0.4, -0.2) is 34.2 Å². The van der Waals surface area contributed by atoms with E-state index in [2.05, 4.69) is 0 Å². The van der Waals surface area contributed by atoms with Crippen LogP contribution in [0.3, 0.4) is 0 Å². The summed E-state index contributed by atoms with van der Waals surface area (Å²) in [6.07, 6.45) is -4.07. The Labute approximate surface area is 205 Å². The van der Waals surface area contributed by atoms with Gasteiger partial charge in [-0.05, 0) is 60.7 Å². The Kier molecular flexibility index (Phi) is 8.67. The molecule has 0 aliphatic heterocycles. The SMILES string of the molecule is CCC(C)N(CC(=O)N(Cc1ccc(F)cc1)Cc1cccs1)C(=O)c1cccc(C(F)(F)F)c1. The molecule has 0 bridgehead atoms. The first-order valence-electron chi connectivity index (χ1n) is 11.1. The lowest BCUT2D eigenvalue weighted by Gasteiger charge is -2.31. The van der Waals surface area contributed by atoms with Gasteiger partial charge in [0.25, 0.3) is 5.91 Å². The van der Waals surface area contributed by atoms with Crippen molar-refractivity contribution in [2.45, 2.75) is 45.6 Å². The van der Waals surface area contributed by atoms with E-state index in [1.807, 2.05) is 24.4 Å². The van der Waals surface area contributed by atoms with Crippen LogP contribution in [0.4, 0.5) is 17.6 Å². The zero-order chi connectivity index (χ0) is 25.6. The van der Waals surface area contributed by atoms with Gasteiger partial charge in [-0.1, -0.05) is 31.2 Å². The highest BCUT2D eigenvalue weighted by molar-refractivity contribution is 7.09. The molecular formula is C26H26F4N2O2S. The van der Waals surface area contributed by atoms with Gasteiger partial charge >= 0.3 is 6.18 Å². The van der Waals surface area contributed by atoms with Crippen molar-refractivity contribution in [2.75, 3.05) is 6.54 Å². The lowest BCUT2D eigenvalue weighted by Crippen LogP contribution is -2.46. The Hall–Kier alpha value is -3.20. The van der Waals surface area contributed by atoms with Gasteiger partial charge in [-0.25, -0.2) is 4.39 Å². The van der Waals surface area contributed by atoms with E-state index >= 15 is 0 Å². The molecule has 0 fully saturated rings. The van der Waals surface area contributed by atoms with Gasteiger partial charge < -0.3 is 9.80 Å². The fourth-order valence-corrected chi connectivity index (χ4v) is 4.24. The Morgan fingerprint density at radius 1 is 1.00 bits per heavy atom. The van der Waals surface area contributed by atoms with Crippen molar-refractivity contribution in [1.29, 1.82) is 0 Å². The second-order valence-corrected chi connectivity index (χ2v) is 9.26. The van der Waals surface area contributed by atoms with Crippen molar-refractivity contribution in [3.63, 3.8) is 0 Å². The molecule has 9 heteroatoms. The first-order valence-corrected chi connectivity index (χ1v) is 12.0. The molecule has 0 saturated heterocycles. The predicted octanol–water partition coefficient (Wildman–Crippen LogP) is 6.38. The van der Waals surface area contributed by atoms with E-state index < -0.39 is 17.6 Å². The molecule has 186 valence electrons. The first kappa shape index (κ1) is 26.4. The molecule has 35 heavy (non-hydrogen) atoms. The molecule has 3 rings (SSSR count). The van der Waals surface area contributed by atoms with Crippen LogP contribution in [0.25, 0.3) is 0 Å². The van der Waals surface area contributed by atoms with E-state index in [0.29, 0.717) is 13.0 Å². The number of rotatable bonds is 9. The molecule has 1 aromatic heterocycles. The van der Waals surface area contributed by atoms with Gasteiger partial charge in [0.2, 0.25) is 5.91 Å². The normalized spacial score (nSPS) is 12.3. The highest BCUT2D eigenvalue weighted by Gasteiger charge is 2.32. The number of alkyl halides is 3. The van der Waals surface area contributed by atoms with Crippen molar-refractivity contribution in [3.05, 3.63) is 93.4 Å². The smallest absolute Gasteiger partial charge is 0.332 e. The summed E-state index contributed by atoms with van der Waals surface area (Å²) in [7, 11) is 0. The van der Waals surface area contributed by atoms with E-state index in [0.717, 1.165) is 22.6 Å². The van der Waals surface area contributed by atoms with Crippen LogP contribution in [0.5, 0.6) is 0 Å². The topological polar surface area (TPSA) is 40.6 Å². The average Bonchev–Trinajstić information content (AvgIpc) is 3.35. The molecule has 4 nitrogen and oxygen atoms in total. The zero-order valence-electron chi connectivity index (χ0n) is 19.4. The molecule has 1 heterocycles. The van der Waals surface area contributed by atoms with Crippen molar-refractivity contribution >= 4 is 23.2 Å². The number of carbonyl (C=O) groups excluding carboxylic acids is 2. The van der Waals surface area contributed by atoms with E-state index in [9.17, 15) is 27.2 Å². The standard InChI is InChI=1S/C26H26F4N2O2S/c1-3-18(2)32(25(34)20-6-4-7-21(14-20)26(28,29)30)17-24(33)31(16-23-8-5-13-35-23)15-19-9-11-22(27)12-10-19/h4-14,18H,3,15-17H2,1-2H3. The number of halogens is 4. The number of carbonyl (C=O) groups is 2. The van der Waals surface area contributed by atoms with Crippen LogP contribution in [0.1, 0.15) is 46.6 Å². The van der Waals surface area contributed by atoms with E-state index in [1.165, 1.54) is 40.5 Å². The number of amides is 2. The van der Waals surface area contributed by atoms with Crippen LogP contribution in [-0.2, 0) is 24.1 Å². The Morgan fingerprint density at radius 3 is 2.31 bits per heavy atom. The summed E-state index contributed by atoms with van der Waals surface area (Å²) >= 11 is 1.48. The summed E-state index contributed by atoms with van der Waals surface area (Å²) in [6, 6.07) is 13.4. The van der Waals surface area contributed by atoms with Crippen molar-refractivity contribution in [2.24, 2.45) is 0 Å². The van der Waals surface area contributed by atoms with Gasteiger partial charge in [0, 0.05) is 23.0 Å². The van der Waals surface area contributed by atoms with Gasteiger partial charge in [0.05, 0.1) is 12.1 Å². The van der Waals surface area contributed by atoms with Gasteiger partial charge in [-0.3, -0.25) is 9.59 Å². The van der Waals surface area contributed by atoms with Crippen LogP contribution < -0.4 is 0 Å². The quantitative estimate of drug-likeness (QED) is 0.316. The fourth-order valence-electron chi connectivity index (χ4n) is 3.52. The minimum atomic E-state index is -4.58. The average molecular weight is 507 g/mol. The summed E-state index contributed by atoms with van der Waals surface area (Å²) in [4.78, 5) is 30.5. The van der Waals surface area contributed by atoms with Crippen molar-refractivity contribution in [1.82, 2.24) is 9.80 Å². The number of nitrogens with zero attached hydrogens (tertiary/aromatic N) is 2. The molecule has 0 spiro atoms. The van der Waals surface area contributed by atoms with Gasteiger partial charge in [0.1, 0.15) is 12.4 Å². The number of benzene rings is 2. The maximum atomic E-state index is 13.4.